The first kappa shape index (κ1) is 22.7. The molecule has 10 heteroatoms. The third-order valence-corrected chi connectivity index (χ3v) is 5.95. The van der Waals surface area contributed by atoms with Gasteiger partial charge in [0.1, 0.15) is 5.01 Å². The molecule has 0 unspecified atom stereocenters. The van der Waals surface area contributed by atoms with Crippen LogP contribution < -0.4 is 5.56 Å². The molecule has 2 heterocycles. The van der Waals surface area contributed by atoms with Crippen LogP contribution in [0.4, 0.5) is 13.2 Å². The number of allylic oxidation sites excluding steroid dienone is 1. The number of hydrogen-bond acceptors (Lipinski definition) is 5. The summed E-state index contributed by atoms with van der Waals surface area (Å²) < 4.78 is 40.0. The largest absolute Gasteiger partial charge is 0.481 e. The van der Waals surface area contributed by atoms with Gasteiger partial charge in [0.2, 0.25) is 0 Å². The number of aliphatic carboxylic acids is 1. The molecule has 0 atom stereocenters. The van der Waals surface area contributed by atoms with Crippen molar-refractivity contribution in [3.05, 3.63) is 61.5 Å². The standard InChI is InChI=1S/C21H20F3N3O3S/c1-11(2)19-16(8-12(3)21(22,23)24)25-17(31-19)10-27-20(30)14-7-5-4-6-13(14)15(26-27)9-18(28)29/h4-8,11H,9-10H2,1-3H3,(H,28,29)/b12-8+. The van der Waals surface area contributed by atoms with Gasteiger partial charge in [-0.1, -0.05) is 32.0 Å². The Morgan fingerprint density at radius 2 is 1.90 bits per heavy atom. The maximum Gasteiger partial charge on any atom is 0.412 e. The molecule has 0 amide bonds. The molecular weight excluding hydrogens is 431 g/mol. The lowest BCUT2D eigenvalue weighted by Gasteiger charge is -2.09. The van der Waals surface area contributed by atoms with E-state index in [9.17, 15) is 27.9 Å². The Bertz CT molecular complexity index is 1230. The van der Waals surface area contributed by atoms with Crippen molar-refractivity contribution in [3.8, 4) is 0 Å². The number of alkyl halides is 3. The summed E-state index contributed by atoms with van der Waals surface area (Å²) in [5.74, 6) is -1.16. The van der Waals surface area contributed by atoms with Crippen LogP contribution >= 0.6 is 11.3 Å². The van der Waals surface area contributed by atoms with E-state index < -0.39 is 23.3 Å². The summed E-state index contributed by atoms with van der Waals surface area (Å²) in [6, 6.07) is 6.58. The Balaban J connectivity index is 2.09. The van der Waals surface area contributed by atoms with Gasteiger partial charge >= 0.3 is 12.1 Å². The van der Waals surface area contributed by atoms with E-state index in [1.807, 2.05) is 13.8 Å². The minimum atomic E-state index is -4.46. The van der Waals surface area contributed by atoms with E-state index in [2.05, 4.69) is 10.1 Å². The van der Waals surface area contributed by atoms with Crippen LogP contribution in [0.1, 0.15) is 48.0 Å². The number of carboxylic acid groups (broad SMARTS) is 1. The number of hydrogen-bond donors (Lipinski definition) is 1. The lowest BCUT2D eigenvalue weighted by Crippen LogP contribution is -2.26. The summed E-state index contributed by atoms with van der Waals surface area (Å²) in [6.07, 6.45) is -3.82. The monoisotopic (exact) mass is 451 g/mol. The zero-order valence-electron chi connectivity index (χ0n) is 17.0. The van der Waals surface area contributed by atoms with Gasteiger partial charge in [-0.25, -0.2) is 9.67 Å². The maximum atomic E-state index is 13.0. The van der Waals surface area contributed by atoms with Crippen molar-refractivity contribution in [2.75, 3.05) is 0 Å². The molecule has 0 saturated carbocycles. The van der Waals surface area contributed by atoms with Crippen molar-refractivity contribution < 1.29 is 23.1 Å². The molecule has 0 spiro atoms. The van der Waals surface area contributed by atoms with Gasteiger partial charge in [-0.3, -0.25) is 9.59 Å². The number of rotatable bonds is 6. The van der Waals surface area contributed by atoms with E-state index in [1.54, 1.807) is 24.3 Å². The van der Waals surface area contributed by atoms with Crippen molar-refractivity contribution in [2.45, 2.75) is 45.8 Å². The molecule has 0 fully saturated rings. The first-order valence-corrected chi connectivity index (χ1v) is 10.2. The van der Waals surface area contributed by atoms with Gasteiger partial charge in [0.05, 0.1) is 29.7 Å². The van der Waals surface area contributed by atoms with Crippen LogP contribution in [-0.4, -0.2) is 32.0 Å². The summed E-state index contributed by atoms with van der Waals surface area (Å²) >= 11 is 1.21. The fraction of sp³-hybridized carbons (Fsp3) is 0.333. The average molecular weight is 451 g/mol. The molecule has 6 nitrogen and oxygen atoms in total. The highest BCUT2D eigenvalue weighted by Gasteiger charge is 2.30. The molecule has 31 heavy (non-hydrogen) atoms. The van der Waals surface area contributed by atoms with Gasteiger partial charge < -0.3 is 5.11 Å². The number of benzene rings is 1. The second-order valence-electron chi connectivity index (χ2n) is 7.36. The molecule has 0 aliphatic heterocycles. The molecule has 3 rings (SSSR count). The van der Waals surface area contributed by atoms with Crippen molar-refractivity contribution in [2.24, 2.45) is 0 Å². The highest BCUT2D eigenvalue weighted by atomic mass is 32.1. The van der Waals surface area contributed by atoms with Crippen LogP contribution in [0.25, 0.3) is 16.8 Å². The van der Waals surface area contributed by atoms with Crippen LogP contribution in [-0.2, 0) is 17.8 Å². The highest BCUT2D eigenvalue weighted by molar-refractivity contribution is 7.11. The van der Waals surface area contributed by atoms with E-state index in [0.717, 1.165) is 17.7 Å². The van der Waals surface area contributed by atoms with Gasteiger partial charge in [-0.2, -0.15) is 18.3 Å². The molecular formula is C21H20F3N3O3S. The van der Waals surface area contributed by atoms with Crippen LogP contribution in [0.5, 0.6) is 0 Å². The Morgan fingerprint density at radius 1 is 1.26 bits per heavy atom. The Morgan fingerprint density at radius 3 is 2.48 bits per heavy atom. The normalized spacial score (nSPS) is 12.7. The third kappa shape index (κ3) is 5.01. The maximum absolute atomic E-state index is 13.0. The predicted octanol–water partition coefficient (Wildman–Crippen LogP) is 4.62. The van der Waals surface area contributed by atoms with Gasteiger partial charge in [0.15, 0.2) is 0 Å². The second kappa shape index (κ2) is 8.62. The molecule has 1 N–H and O–H groups in total. The zero-order valence-corrected chi connectivity index (χ0v) is 17.8. The summed E-state index contributed by atoms with van der Waals surface area (Å²) in [7, 11) is 0. The highest BCUT2D eigenvalue weighted by Crippen LogP contribution is 2.32. The molecule has 0 aliphatic rings. The van der Waals surface area contributed by atoms with Crippen molar-refractivity contribution in [1.82, 2.24) is 14.8 Å². The fourth-order valence-electron chi connectivity index (χ4n) is 3.08. The quantitative estimate of drug-likeness (QED) is 0.591. The van der Waals surface area contributed by atoms with Gasteiger partial charge in [0.25, 0.3) is 5.56 Å². The summed E-state index contributed by atoms with van der Waals surface area (Å²) in [6.45, 7) is 4.61. The summed E-state index contributed by atoms with van der Waals surface area (Å²) in [5, 5.41) is 14.6. The van der Waals surface area contributed by atoms with E-state index in [0.29, 0.717) is 20.7 Å². The smallest absolute Gasteiger partial charge is 0.412 e. The lowest BCUT2D eigenvalue weighted by molar-refractivity contribution is -0.136. The number of carboxylic acids is 1. The molecule has 0 bridgehead atoms. The van der Waals surface area contributed by atoms with E-state index in [-0.39, 0.29) is 30.3 Å². The van der Waals surface area contributed by atoms with Crippen LogP contribution in [0.2, 0.25) is 0 Å². The van der Waals surface area contributed by atoms with Crippen LogP contribution in [0.3, 0.4) is 0 Å². The summed E-state index contributed by atoms with van der Waals surface area (Å²) in [4.78, 5) is 29.1. The first-order valence-electron chi connectivity index (χ1n) is 9.43. The Labute approximate surface area is 179 Å². The molecule has 2 aromatic heterocycles. The molecule has 0 radical (unpaired) electrons. The topological polar surface area (TPSA) is 85.1 Å². The fourth-order valence-corrected chi connectivity index (χ4v) is 4.11. The van der Waals surface area contributed by atoms with Gasteiger partial charge in [-0.05, 0) is 25.0 Å². The van der Waals surface area contributed by atoms with Crippen LogP contribution in [0.15, 0.2) is 34.6 Å². The number of fused-ring (bicyclic) bond motifs is 1. The Hall–Kier alpha value is -3.01. The number of thiazole rings is 1. The molecule has 3 aromatic rings. The third-order valence-electron chi connectivity index (χ3n) is 4.60. The van der Waals surface area contributed by atoms with Gasteiger partial charge in [-0.15, -0.1) is 11.3 Å². The minimum absolute atomic E-state index is 0.0672. The molecule has 0 saturated heterocycles. The number of halogens is 3. The lowest BCUT2D eigenvalue weighted by atomic mass is 10.1. The second-order valence-corrected chi connectivity index (χ2v) is 8.48. The number of aromatic nitrogens is 3. The predicted molar refractivity (Wildman–Crippen MR) is 112 cm³/mol. The molecule has 1 aromatic carbocycles. The average Bonchev–Trinajstić information content (AvgIpc) is 3.07. The van der Waals surface area contributed by atoms with Crippen molar-refractivity contribution in [3.63, 3.8) is 0 Å². The Kier molecular flexibility index (Phi) is 6.30. The minimum Gasteiger partial charge on any atom is -0.481 e. The SMILES string of the molecule is C/C(=C\c1nc(Cn2nc(CC(=O)O)c3ccccc3c2=O)sc1C(C)C)C(F)(F)F. The molecule has 164 valence electrons. The first-order chi connectivity index (χ1) is 14.5. The van der Waals surface area contributed by atoms with Crippen molar-refractivity contribution >= 4 is 34.2 Å². The van der Waals surface area contributed by atoms with E-state index >= 15 is 0 Å². The van der Waals surface area contributed by atoms with Crippen molar-refractivity contribution in [1.29, 1.82) is 0 Å². The zero-order chi connectivity index (χ0) is 22.9. The molecule has 0 aliphatic carbocycles. The van der Waals surface area contributed by atoms with E-state index in [1.165, 1.54) is 11.3 Å². The van der Waals surface area contributed by atoms with E-state index in [4.69, 9.17) is 0 Å². The summed E-state index contributed by atoms with van der Waals surface area (Å²) in [5.41, 5.74) is -0.744. The van der Waals surface area contributed by atoms with Crippen LogP contribution in [0, 0.1) is 0 Å². The number of carbonyl (C=O) groups is 1. The van der Waals surface area contributed by atoms with Gasteiger partial charge in [0, 0.05) is 15.8 Å². The number of nitrogens with zero attached hydrogens (tertiary/aromatic N) is 3.